The molecule has 2 atom stereocenters. The highest BCUT2D eigenvalue weighted by Crippen LogP contribution is 2.43. The minimum atomic E-state index is -0.279. The molecule has 0 aliphatic heterocycles. The van der Waals surface area contributed by atoms with Crippen LogP contribution in [0.25, 0.3) is 0 Å². The van der Waals surface area contributed by atoms with Crippen molar-refractivity contribution in [3.8, 4) is 11.5 Å². The van der Waals surface area contributed by atoms with Crippen LogP contribution in [-0.2, 0) is 4.79 Å². The first-order chi connectivity index (χ1) is 12.2. The second-order valence-corrected chi connectivity index (χ2v) is 6.79. The van der Waals surface area contributed by atoms with Crippen LogP contribution in [-0.4, -0.2) is 13.1 Å². The van der Waals surface area contributed by atoms with Crippen LogP contribution < -0.4 is 9.47 Å². The molecule has 0 amide bonds. The van der Waals surface area contributed by atoms with Crippen LogP contribution in [0.15, 0.2) is 48.5 Å². The molecule has 0 N–H and O–H groups in total. The van der Waals surface area contributed by atoms with Crippen molar-refractivity contribution in [2.45, 2.75) is 50.9 Å². The summed E-state index contributed by atoms with van der Waals surface area (Å²) in [4.78, 5) is 11.1. The molecule has 3 rings (SSSR count). The summed E-state index contributed by atoms with van der Waals surface area (Å²) in [5.74, 6) is 2.26. The maximum Gasteiger partial charge on any atom is 0.308 e. The Bertz CT molecular complexity index is 688. The van der Waals surface area contributed by atoms with E-state index in [-0.39, 0.29) is 5.97 Å². The van der Waals surface area contributed by atoms with Gasteiger partial charge in [0.25, 0.3) is 0 Å². The van der Waals surface area contributed by atoms with Crippen molar-refractivity contribution in [3.05, 3.63) is 59.7 Å². The van der Waals surface area contributed by atoms with Gasteiger partial charge in [0.1, 0.15) is 11.5 Å². The Morgan fingerprint density at radius 2 is 1.28 bits per heavy atom. The Kier molecular flexibility index (Phi) is 5.75. The van der Waals surface area contributed by atoms with E-state index in [0.717, 1.165) is 5.75 Å². The Hall–Kier alpha value is -2.29. The third-order valence-corrected chi connectivity index (χ3v) is 5.13. The van der Waals surface area contributed by atoms with Crippen LogP contribution in [0.1, 0.15) is 62.0 Å². The third kappa shape index (κ3) is 4.41. The molecule has 0 saturated heterocycles. The largest absolute Gasteiger partial charge is 0.497 e. The van der Waals surface area contributed by atoms with Gasteiger partial charge in [0.05, 0.1) is 7.11 Å². The van der Waals surface area contributed by atoms with Gasteiger partial charge in [-0.3, -0.25) is 4.79 Å². The van der Waals surface area contributed by atoms with E-state index in [9.17, 15) is 4.79 Å². The van der Waals surface area contributed by atoms with E-state index in [1.807, 2.05) is 12.1 Å². The first-order valence-corrected chi connectivity index (χ1v) is 9.09. The number of carbonyl (C=O) groups excluding carboxylic acids is 1. The second kappa shape index (κ2) is 8.19. The first kappa shape index (κ1) is 17.5. The van der Waals surface area contributed by atoms with E-state index >= 15 is 0 Å². The van der Waals surface area contributed by atoms with Crippen LogP contribution in [0.3, 0.4) is 0 Å². The number of ether oxygens (including phenoxy) is 2. The summed E-state index contributed by atoms with van der Waals surface area (Å²) in [5.41, 5.74) is 2.72. The predicted octanol–water partition coefficient (Wildman–Crippen LogP) is 5.45. The highest BCUT2D eigenvalue weighted by atomic mass is 16.5. The lowest BCUT2D eigenvalue weighted by atomic mass is 9.78. The summed E-state index contributed by atoms with van der Waals surface area (Å²) in [7, 11) is 1.70. The fourth-order valence-electron chi connectivity index (χ4n) is 3.91. The van der Waals surface area contributed by atoms with Crippen LogP contribution in [0.5, 0.6) is 11.5 Å². The van der Waals surface area contributed by atoms with Crippen molar-refractivity contribution >= 4 is 5.97 Å². The number of benzene rings is 2. The SMILES string of the molecule is COc1ccc(C2CCCCCC2c2ccc(OC(C)=O)cc2)cc1. The van der Waals surface area contributed by atoms with Gasteiger partial charge < -0.3 is 9.47 Å². The molecule has 3 heteroatoms. The molecule has 0 heterocycles. The van der Waals surface area contributed by atoms with Gasteiger partial charge in [-0.25, -0.2) is 0 Å². The topological polar surface area (TPSA) is 35.5 Å². The van der Waals surface area contributed by atoms with E-state index in [0.29, 0.717) is 17.6 Å². The van der Waals surface area contributed by atoms with Crippen molar-refractivity contribution in [1.29, 1.82) is 0 Å². The van der Waals surface area contributed by atoms with Crippen LogP contribution in [0.2, 0.25) is 0 Å². The van der Waals surface area contributed by atoms with E-state index in [1.165, 1.54) is 50.2 Å². The molecule has 2 aromatic rings. The quantitative estimate of drug-likeness (QED) is 0.422. The number of hydrogen-bond acceptors (Lipinski definition) is 3. The van der Waals surface area contributed by atoms with Gasteiger partial charge in [-0.05, 0) is 60.1 Å². The Morgan fingerprint density at radius 3 is 1.72 bits per heavy atom. The molecule has 0 bridgehead atoms. The summed E-state index contributed by atoms with van der Waals surface area (Å²) < 4.78 is 10.5. The first-order valence-electron chi connectivity index (χ1n) is 9.09. The molecule has 25 heavy (non-hydrogen) atoms. The zero-order chi connectivity index (χ0) is 17.6. The predicted molar refractivity (Wildman–Crippen MR) is 99.3 cm³/mol. The number of esters is 1. The molecule has 0 radical (unpaired) electrons. The van der Waals surface area contributed by atoms with Crippen molar-refractivity contribution in [2.75, 3.05) is 7.11 Å². The monoisotopic (exact) mass is 338 g/mol. The van der Waals surface area contributed by atoms with Gasteiger partial charge in [-0.15, -0.1) is 0 Å². The van der Waals surface area contributed by atoms with Gasteiger partial charge >= 0.3 is 5.97 Å². The highest BCUT2D eigenvalue weighted by Gasteiger charge is 2.26. The summed E-state index contributed by atoms with van der Waals surface area (Å²) in [6.45, 7) is 1.43. The molecule has 2 unspecified atom stereocenters. The Morgan fingerprint density at radius 1 is 0.800 bits per heavy atom. The summed E-state index contributed by atoms with van der Waals surface area (Å²) in [6, 6.07) is 16.6. The molecule has 1 fully saturated rings. The molecule has 0 aromatic heterocycles. The molecule has 1 aliphatic rings. The minimum absolute atomic E-state index is 0.279. The maximum atomic E-state index is 11.1. The fourth-order valence-corrected chi connectivity index (χ4v) is 3.91. The molecule has 2 aromatic carbocycles. The molecule has 0 spiro atoms. The van der Waals surface area contributed by atoms with Crippen LogP contribution >= 0.6 is 0 Å². The Labute approximate surface area is 150 Å². The highest BCUT2D eigenvalue weighted by molar-refractivity contribution is 5.69. The standard InChI is InChI=1S/C22H26O3/c1-16(23)25-20-14-10-18(11-15-20)22-7-5-3-4-6-21(22)17-8-12-19(24-2)13-9-17/h8-15,21-22H,3-7H2,1-2H3. The molecule has 3 nitrogen and oxygen atoms in total. The van der Waals surface area contributed by atoms with Crippen LogP contribution in [0, 0.1) is 0 Å². The van der Waals surface area contributed by atoms with Crippen LogP contribution in [0.4, 0.5) is 0 Å². The lowest BCUT2D eigenvalue weighted by Crippen LogP contribution is -2.10. The molecule has 1 saturated carbocycles. The normalized spacial score (nSPS) is 20.6. The lowest BCUT2D eigenvalue weighted by molar-refractivity contribution is -0.131. The van der Waals surface area contributed by atoms with E-state index in [2.05, 4.69) is 36.4 Å². The molecule has 132 valence electrons. The molecular weight excluding hydrogens is 312 g/mol. The zero-order valence-electron chi connectivity index (χ0n) is 15.0. The van der Waals surface area contributed by atoms with Gasteiger partial charge in [0.2, 0.25) is 0 Å². The van der Waals surface area contributed by atoms with E-state index < -0.39 is 0 Å². The maximum absolute atomic E-state index is 11.1. The molecular formula is C22H26O3. The van der Waals surface area contributed by atoms with E-state index in [4.69, 9.17) is 9.47 Å². The summed E-state index contributed by atoms with van der Waals surface area (Å²) in [5, 5.41) is 0. The van der Waals surface area contributed by atoms with Crippen molar-refractivity contribution in [3.63, 3.8) is 0 Å². The summed E-state index contributed by atoms with van der Waals surface area (Å²) >= 11 is 0. The molecule has 1 aliphatic carbocycles. The van der Waals surface area contributed by atoms with E-state index in [1.54, 1.807) is 7.11 Å². The van der Waals surface area contributed by atoms with Gasteiger partial charge in [-0.1, -0.05) is 43.5 Å². The minimum Gasteiger partial charge on any atom is -0.497 e. The van der Waals surface area contributed by atoms with Gasteiger partial charge in [0.15, 0.2) is 0 Å². The number of carbonyl (C=O) groups is 1. The average molecular weight is 338 g/mol. The summed E-state index contributed by atoms with van der Waals surface area (Å²) in [6.07, 6.45) is 6.25. The lowest BCUT2D eigenvalue weighted by Gasteiger charge is -2.26. The van der Waals surface area contributed by atoms with Crippen molar-refractivity contribution < 1.29 is 14.3 Å². The average Bonchev–Trinajstić information content (AvgIpc) is 2.88. The Balaban J connectivity index is 1.85. The van der Waals surface area contributed by atoms with Gasteiger partial charge in [-0.2, -0.15) is 0 Å². The second-order valence-electron chi connectivity index (χ2n) is 6.79. The van der Waals surface area contributed by atoms with Gasteiger partial charge in [0, 0.05) is 6.92 Å². The zero-order valence-corrected chi connectivity index (χ0v) is 15.0. The number of methoxy groups -OCH3 is 1. The third-order valence-electron chi connectivity index (χ3n) is 5.13. The van der Waals surface area contributed by atoms with Crippen molar-refractivity contribution in [2.24, 2.45) is 0 Å². The number of hydrogen-bond donors (Lipinski definition) is 0. The smallest absolute Gasteiger partial charge is 0.308 e. The number of rotatable bonds is 4. The van der Waals surface area contributed by atoms with Crippen molar-refractivity contribution in [1.82, 2.24) is 0 Å². The fraction of sp³-hybridized carbons (Fsp3) is 0.409.